The van der Waals surface area contributed by atoms with Gasteiger partial charge in [-0.15, -0.1) is 6.58 Å². The van der Waals surface area contributed by atoms with Gasteiger partial charge in [-0.3, -0.25) is 5.32 Å². The molecule has 1 aromatic rings. The molecular formula is C14H17NO2. The van der Waals surface area contributed by atoms with E-state index in [1.807, 2.05) is 30.3 Å². The number of carbonyl (C=O) groups is 1. The van der Waals surface area contributed by atoms with Crippen LogP contribution in [-0.2, 0) is 9.53 Å². The third-order valence-corrected chi connectivity index (χ3v) is 2.12. The summed E-state index contributed by atoms with van der Waals surface area (Å²) >= 11 is 0. The normalized spacial score (nSPS) is 11.6. The summed E-state index contributed by atoms with van der Waals surface area (Å²) in [7, 11) is 0. The van der Waals surface area contributed by atoms with Crippen molar-refractivity contribution in [2.45, 2.75) is 13.2 Å². The molecule has 1 atom stereocenters. The van der Waals surface area contributed by atoms with Gasteiger partial charge in [0.2, 0.25) is 0 Å². The molecule has 0 spiro atoms. The summed E-state index contributed by atoms with van der Waals surface area (Å²) in [6.45, 7) is 9.36. The Morgan fingerprint density at radius 2 is 2.12 bits per heavy atom. The Balaban J connectivity index is 2.77. The van der Waals surface area contributed by atoms with Crippen LogP contribution in [0.15, 0.2) is 55.1 Å². The molecule has 0 radical (unpaired) electrons. The van der Waals surface area contributed by atoms with Crippen molar-refractivity contribution in [1.82, 2.24) is 5.32 Å². The number of hydrogen-bond acceptors (Lipinski definition) is 3. The number of ether oxygens (including phenoxy) is 1. The van der Waals surface area contributed by atoms with Gasteiger partial charge in [-0.2, -0.15) is 0 Å². The number of hydrogen-bond donors (Lipinski definition) is 1. The Kier molecular flexibility index (Phi) is 5.17. The van der Waals surface area contributed by atoms with Crippen LogP contribution in [0.2, 0.25) is 0 Å². The smallest absolute Gasteiger partial charge is 0.334 e. The van der Waals surface area contributed by atoms with Crippen LogP contribution in [0.5, 0.6) is 0 Å². The fourth-order valence-corrected chi connectivity index (χ4v) is 1.25. The summed E-state index contributed by atoms with van der Waals surface area (Å²) < 4.78 is 5.30. The lowest BCUT2D eigenvalue weighted by molar-refractivity contribution is -0.146. The molecule has 0 aliphatic rings. The monoisotopic (exact) mass is 231 g/mol. The van der Waals surface area contributed by atoms with Crippen molar-refractivity contribution in [1.29, 1.82) is 0 Å². The van der Waals surface area contributed by atoms with Gasteiger partial charge in [0.05, 0.1) is 0 Å². The van der Waals surface area contributed by atoms with Gasteiger partial charge < -0.3 is 4.74 Å². The van der Waals surface area contributed by atoms with E-state index in [0.29, 0.717) is 12.1 Å². The minimum absolute atomic E-state index is 0.381. The minimum Gasteiger partial charge on any atom is -0.439 e. The van der Waals surface area contributed by atoms with Crippen molar-refractivity contribution in [2.75, 3.05) is 6.54 Å². The third-order valence-electron chi connectivity index (χ3n) is 2.12. The van der Waals surface area contributed by atoms with Gasteiger partial charge in [-0.25, -0.2) is 4.79 Å². The first-order chi connectivity index (χ1) is 8.15. The van der Waals surface area contributed by atoms with Gasteiger partial charge in [-0.05, 0) is 6.92 Å². The van der Waals surface area contributed by atoms with Crippen LogP contribution in [-0.4, -0.2) is 12.5 Å². The highest BCUT2D eigenvalue weighted by molar-refractivity contribution is 5.87. The first-order valence-electron chi connectivity index (χ1n) is 5.41. The molecule has 3 nitrogen and oxygen atoms in total. The van der Waals surface area contributed by atoms with Crippen LogP contribution in [0.3, 0.4) is 0 Å². The predicted molar refractivity (Wildman–Crippen MR) is 68.3 cm³/mol. The zero-order valence-electron chi connectivity index (χ0n) is 9.98. The minimum atomic E-state index is -0.474. The molecule has 1 N–H and O–H groups in total. The number of benzene rings is 1. The van der Waals surface area contributed by atoms with Crippen LogP contribution < -0.4 is 5.32 Å². The summed E-state index contributed by atoms with van der Waals surface area (Å²) in [5.74, 6) is -0.407. The summed E-state index contributed by atoms with van der Waals surface area (Å²) in [6.07, 6.45) is 1.24. The van der Waals surface area contributed by atoms with E-state index in [2.05, 4.69) is 18.5 Å². The Labute approximate surface area is 102 Å². The van der Waals surface area contributed by atoms with Crippen molar-refractivity contribution in [3.05, 3.63) is 60.7 Å². The summed E-state index contributed by atoms with van der Waals surface area (Å²) in [5, 5.41) is 3.07. The van der Waals surface area contributed by atoms with Gasteiger partial charge >= 0.3 is 5.97 Å². The maximum atomic E-state index is 11.5. The van der Waals surface area contributed by atoms with Crippen LogP contribution in [0.25, 0.3) is 0 Å². The number of rotatable bonds is 6. The molecule has 0 saturated carbocycles. The van der Waals surface area contributed by atoms with Crippen molar-refractivity contribution < 1.29 is 9.53 Å². The highest BCUT2D eigenvalue weighted by atomic mass is 16.6. The largest absolute Gasteiger partial charge is 0.439 e. The molecule has 0 saturated heterocycles. The van der Waals surface area contributed by atoms with E-state index in [1.165, 1.54) is 0 Å². The predicted octanol–water partition coefficient (Wildman–Crippen LogP) is 2.58. The first kappa shape index (κ1) is 13.2. The maximum Gasteiger partial charge on any atom is 0.334 e. The van der Waals surface area contributed by atoms with Crippen LogP contribution in [0, 0.1) is 0 Å². The lowest BCUT2D eigenvalue weighted by atomic mass is 10.2. The zero-order chi connectivity index (χ0) is 12.7. The van der Waals surface area contributed by atoms with Gasteiger partial charge in [0.15, 0.2) is 6.23 Å². The third kappa shape index (κ3) is 4.25. The van der Waals surface area contributed by atoms with Gasteiger partial charge in [0.25, 0.3) is 0 Å². The van der Waals surface area contributed by atoms with E-state index in [1.54, 1.807) is 13.0 Å². The Bertz CT molecular complexity index is 398. The Morgan fingerprint density at radius 3 is 2.65 bits per heavy atom. The highest BCUT2D eigenvalue weighted by Gasteiger charge is 2.15. The molecule has 0 amide bonds. The second-order valence-electron chi connectivity index (χ2n) is 3.67. The molecular weight excluding hydrogens is 214 g/mol. The maximum absolute atomic E-state index is 11.5. The van der Waals surface area contributed by atoms with Gasteiger partial charge in [-0.1, -0.05) is 43.0 Å². The van der Waals surface area contributed by atoms with E-state index in [0.717, 1.165) is 5.56 Å². The summed E-state index contributed by atoms with van der Waals surface area (Å²) in [5.41, 5.74) is 1.27. The van der Waals surface area contributed by atoms with E-state index >= 15 is 0 Å². The summed E-state index contributed by atoms with van der Waals surface area (Å²) in [6, 6.07) is 9.49. The lowest BCUT2D eigenvalue weighted by Gasteiger charge is -2.18. The standard InChI is InChI=1S/C14H17NO2/c1-4-10-15-13(17-14(16)11(2)3)12-8-6-5-7-9-12/h4-9,13,15H,1-2,10H2,3H3. The average Bonchev–Trinajstić information content (AvgIpc) is 2.35. The molecule has 0 bridgehead atoms. The second-order valence-corrected chi connectivity index (χ2v) is 3.67. The van der Waals surface area contributed by atoms with E-state index in [-0.39, 0.29) is 0 Å². The highest BCUT2D eigenvalue weighted by Crippen LogP contribution is 2.15. The average molecular weight is 231 g/mol. The van der Waals surface area contributed by atoms with E-state index < -0.39 is 12.2 Å². The van der Waals surface area contributed by atoms with E-state index in [9.17, 15) is 4.79 Å². The molecule has 1 rings (SSSR count). The molecule has 0 heterocycles. The number of esters is 1. The molecule has 0 aliphatic carbocycles. The Morgan fingerprint density at radius 1 is 1.47 bits per heavy atom. The molecule has 17 heavy (non-hydrogen) atoms. The van der Waals surface area contributed by atoms with Crippen molar-refractivity contribution in [3.8, 4) is 0 Å². The molecule has 1 unspecified atom stereocenters. The zero-order valence-corrected chi connectivity index (χ0v) is 9.98. The molecule has 1 aromatic carbocycles. The second kappa shape index (κ2) is 6.66. The van der Waals surface area contributed by atoms with Crippen LogP contribution >= 0.6 is 0 Å². The molecule has 90 valence electrons. The van der Waals surface area contributed by atoms with Crippen molar-refractivity contribution in [2.24, 2.45) is 0 Å². The number of carbonyl (C=O) groups excluding carboxylic acids is 1. The topological polar surface area (TPSA) is 38.3 Å². The molecule has 0 aliphatic heterocycles. The SMILES string of the molecule is C=CCNC(OC(=O)C(=C)C)c1ccccc1. The fourth-order valence-electron chi connectivity index (χ4n) is 1.25. The fraction of sp³-hybridized carbons (Fsp3) is 0.214. The van der Waals surface area contributed by atoms with Crippen molar-refractivity contribution in [3.63, 3.8) is 0 Å². The summed E-state index contributed by atoms with van der Waals surface area (Å²) in [4.78, 5) is 11.5. The van der Waals surface area contributed by atoms with E-state index in [4.69, 9.17) is 4.74 Å². The quantitative estimate of drug-likeness (QED) is 0.354. The molecule has 3 heteroatoms. The van der Waals surface area contributed by atoms with Crippen molar-refractivity contribution >= 4 is 5.97 Å². The first-order valence-corrected chi connectivity index (χ1v) is 5.41. The molecule has 0 fully saturated rings. The number of nitrogens with one attached hydrogen (secondary N) is 1. The van der Waals surface area contributed by atoms with Crippen LogP contribution in [0.4, 0.5) is 0 Å². The van der Waals surface area contributed by atoms with Gasteiger partial charge in [0.1, 0.15) is 0 Å². The van der Waals surface area contributed by atoms with Crippen LogP contribution in [0.1, 0.15) is 18.7 Å². The Hall–Kier alpha value is -1.87. The van der Waals surface area contributed by atoms with Gasteiger partial charge in [0, 0.05) is 17.7 Å². The molecule has 0 aromatic heterocycles. The lowest BCUT2D eigenvalue weighted by Crippen LogP contribution is -2.26.